The zero-order valence-corrected chi connectivity index (χ0v) is 11.7. The van der Waals surface area contributed by atoms with Crippen molar-refractivity contribution in [2.24, 2.45) is 0 Å². The van der Waals surface area contributed by atoms with Gasteiger partial charge in [0.15, 0.2) is 0 Å². The lowest BCUT2D eigenvalue weighted by Gasteiger charge is -2.09. The molecule has 2 rings (SSSR count). The molecule has 2 aliphatic rings. The molecule has 1 saturated carbocycles. The summed E-state index contributed by atoms with van der Waals surface area (Å²) in [7, 11) is 0. The van der Waals surface area contributed by atoms with Crippen molar-refractivity contribution >= 4 is 12.7 Å². The van der Waals surface area contributed by atoms with Crippen LogP contribution in [0.3, 0.4) is 0 Å². The highest BCUT2D eigenvalue weighted by molar-refractivity contribution is 5.82. The van der Waals surface area contributed by atoms with Crippen LogP contribution in [0.25, 0.3) is 0 Å². The zero-order chi connectivity index (χ0) is 13.7. The molecule has 0 aromatic heterocycles. The maximum atomic E-state index is 11.3. The van der Waals surface area contributed by atoms with Crippen LogP contribution in [0.15, 0.2) is 0 Å². The van der Waals surface area contributed by atoms with Gasteiger partial charge < -0.3 is 15.4 Å². The highest BCUT2D eigenvalue weighted by Crippen LogP contribution is 2.19. The van der Waals surface area contributed by atoms with Crippen LogP contribution in [0.1, 0.15) is 53.4 Å². The summed E-state index contributed by atoms with van der Waals surface area (Å²) in [6.45, 7) is 11.0. The van der Waals surface area contributed by atoms with Crippen LogP contribution >= 0.6 is 0 Å². The number of hydrogen-bond donors (Lipinski definition) is 2. The summed E-state index contributed by atoms with van der Waals surface area (Å²) in [4.78, 5) is 19.3. The molecular weight excluding hydrogens is 216 g/mol. The first-order chi connectivity index (χ1) is 8.36. The van der Waals surface area contributed by atoms with Crippen molar-refractivity contribution in [3.8, 4) is 0 Å². The molecule has 1 atom stereocenters. The second kappa shape index (κ2) is 13.2. The molecule has 4 nitrogen and oxygen atoms in total. The monoisotopic (exact) mass is 244 g/mol. The van der Waals surface area contributed by atoms with Gasteiger partial charge in [-0.05, 0) is 32.2 Å². The smallest absolute Gasteiger partial charge is 0.237 e. The van der Waals surface area contributed by atoms with Crippen molar-refractivity contribution in [3.05, 3.63) is 0 Å². The largest absolute Gasteiger partial charge is 0.352 e. The van der Waals surface area contributed by atoms with Crippen LogP contribution in [0.4, 0.5) is 0 Å². The normalized spacial score (nSPS) is 20.6. The second-order valence-corrected chi connectivity index (χ2v) is 3.43. The summed E-state index contributed by atoms with van der Waals surface area (Å²) in [5, 5.41) is 6.17. The first-order valence-electron chi connectivity index (χ1n) is 6.69. The van der Waals surface area contributed by atoms with E-state index in [1.165, 1.54) is 12.8 Å². The fourth-order valence-corrected chi connectivity index (χ4v) is 1.44. The third-order valence-electron chi connectivity index (χ3n) is 2.30. The van der Waals surface area contributed by atoms with Gasteiger partial charge in [0.2, 0.25) is 5.91 Å². The third kappa shape index (κ3) is 8.86. The van der Waals surface area contributed by atoms with Gasteiger partial charge in [0.25, 0.3) is 0 Å². The Morgan fingerprint density at radius 3 is 2.00 bits per heavy atom. The summed E-state index contributed by atoms with van der Waals surface area (Å²) in [5.74, 6) is 0.213. The lowest BCUT2D eigenvalue weighted by molar-refractivity contribution is -0.122. The minimum absolute atomic E-state index is 0.107. The average Bonchev–Trinajstić information content (AvgIpc) is 3.06. The van der Waals surface area contributed by atoms with E-state index in [2.05, 4.69) is 10.6 Å². The van der Waals surface area contributed by atoms with Crippen LogP contribution in [0, 0.1) is 0 Å². The molecule has 0 aromatic rings. The van der Waals surface area contributed by atoms with E-state index in [0.29, 0.717) is 6.04 Å². The highest BCUT2D eigenvalue weighted by atomic mass is 16.2. The molecule has 1 aliphatic heterocycles. The molecule has 1 heterocycles. The van der Waals surface area contributed by atoms with Crippen LogP contribution < -0.4 is 10.6 Å². The molecule has 0 spiro atoms. The molecule has 1 unspecified atom stereocenters. The van der Waals surface area contributed by atoms with Crippen molar-refractivity contribution in [2.75, 3.05) is 6.54 Å². The molecule has 0 radical (unpaired) electrons. The van der Waals surface area contributed by atoms with Gasteiger partial charge in [0, 0.05) is 6.04 Å². The maximum absolute atomic E-state index is 11.3. The molecule has 2 N–H and O–H groups in total. The molecule has 0 bridgehead atoms. The van der Waals surface area contributed by atoms with Crippen LogP contribution in [0.2, 0.25) is 0 Å². The van der Waals surface area contributed by atoms with Crippen molar-refractivity contribution < 1.29 is 9.59 Å². The topological polar surface area (TPSA) is 58.2 Å². The number of hydrogen-bond acceptors (Lipinski definition) is 3. The van der Waals surface area contributed by atoms with Gasteiger partial charge in [-0.25, -0.2) is 0 Å². The summed E-state index contributed by atoms with van der Waals surface area (Å²) in [5.41, 5.74) is 0. The number of carbonyl (C=O) groups is 2. The summed E-state index contributed by atoms with van der Waals surface area (Å²) in [6.07, 6.45) is 4.51. The zero-order valence-electron chi connectivity index (χ0n) is 11.7. The molecule has 102 valence electrons. The second-order valence-electron chi connectivity index (χ2n) is 3.43. The molecule has 2 fully saturated rings. The Morgan fingerprint density at radius 1 is 1.12 bits per heavy atom. The lowest BCUT2D eigenvalue weighted by atomic mass is 10.2. The van der Waals surface area contributed by atoms with E-state index >= 15 is 0 Å². The first kappa shape index (κ1) is 18.5. The third-order valence-corrected chi connectivity index (χ3v) is 2.30. The minimum atomic E-state index is 0.107. The molecule has 0 aromatic carbocycles. The Labute approximate surface area is 106 Å². The van der Waals surface area contributed by atoms with Crippen molar-refractivity contribution in [1.29, 1.82) is 0 Å². The quantitative estimate of drug-likeness (QED) is 0.780. The van der Waals surface area contributed by atoms with Gasteiger partial charge in [0.1, 0.15) is 6.79 Å². The fraction of sp³-hybridized carbons (Fsp3) is 0.846. The Morgan fingerprint density at radius 2 is 1.65 bits per heavy atom. The highest BCUT2D eigenvalue weighted by Gasteiger charge is 2.28. The van der Waals surface area contributed by atoms with E-state index in [-0.39, 0.29) is 11.9 Å². The van der Waals surface area contributed by atoms with E-state index in [9.17, 15) is 4.79 Å². The molecule has 1 saturated heterocycles. The van der Waals surface area contributed by atoms with Gasteiger partial charge in [0.05, 0.1) is 6.04 Å². The summed E-state index contributed by atoms with van der Waals surface area (Å²) in [6, 6.07) is 0.612. The van der Waals surface area contributed by atoms with Gasteiger partial charge in [-0.2, -0.15) is 0 Å². The van der Waals surface area contributed by atoms with Gasteiger partial charge in [-0.3, -0.25) is 4.79 Å². The lowest BCUT2D eigenvalue weighted by Crippen LogP contribution is -2.41. The van der Waals surface area contributed by atoms with Crippen molar-refractivity contribution in [1.82, 2.24) is 10.6 Å². The van der Waals surface area contributed by atoms with E-state index in [0.717, 1.165) is 19.4 Å². The van der Waals surface area contributed by atoms with Gasteiger partial charge >= 0.3 is 0 Å². The summed E-state index contributed by atoms with van der Waals surface area (Å²) >= 11 is 0. The van der Waals surface area contributed by atoms with Gasteiger partial charge in [-0.15, -0.1) is 0 Å². The molecule has 1 amide bonds. The van der Waals surface area contributed by atoms with E-state index in [4.69, 9.17) is 4.79 Å². The minimum Gasteiger partial charge on any atom is -0.352 e. The Bertz CT molecular complexity index is 176. The van der Waals surface area contributed by atoms with Gasteiger partial charge in [-0.1, -0.05) is 27.7 Å². The molecular formula is C13H28N2O2. The van der Waals surface area contributed by atoms with Crippen LogP contribution in [0.5, 0.6) is 0 Å². The predicted octanol–water partition coefficient (Wildman–Crippen LogP) is 1.88. The fourth-order valence-electron chi connectivity index (χ4n) is 1.44. The molecule has 1 aliphatic carbocycles. The van der Waals surface area contributed by atoms with E-state index < -0.39 is 0 Å². The molecule has 17 heavy (non-hydrogen) atoms. The predicted molar refractivity (Wildman–Crippen MR) is 72.0 cm³/mol. The standard InChI is InChI=1S/C8H14N2O.2C2H6.CH2O/c11-8(10-6-3-4-6)7-2-1-5-9-7;3*1-2/h6-7,9H,1-5H2,(H,10,11);2*1-2H3;1H2. The Hall–Kier alpha value is -0.900. The Kier molecular flexibility index (Phi) is 14.3. The number of rotatable bonds is 2. The number of nitrogens with one attached hydrogen (secondary N) is 2. The van der Waals surface area contributed by atoms with Crippen LogP contribution in [-0.2, 0) is 9.59 Å². The Balaban J connectivity index is 0. The average molecular weight is 244 g/mol. The van der Waals surface area contributed by atoms with Crippen LogP contribution in [-0.4, -0.2) is 31.3 Å². The van der Waals surface area contributed by atoms with Crippen molar-refractivity contribution in [2.45, 2.75) is 65.5 Å². The number of carbonyl (C=O) groups excluding carboxylic acids is 2. The molecule has 4 heteroatoms. The van der Waals surface area contributed by atoms with E-state index in [1.807, 2.05) is 34.5 Å². The first-order valence-corrected chi connectivity index (χ1v) is 6.69. The SMILES string of the molecule is C=O.CC.CC.O=C(NC1CC1)C1CCCN1. The summed E-state index contributed by atoms with van der Waals surface area (Å²) < 4.78 is 0. The maximum Gasteiger partial charge on any atom is 0.237 e. The van der Waals surface area contributed by atoms with Crippen molar-refractivity contribution in [3.63, 3.8) is 0 Å². The van der Waals surface area contributed by atoms with E-state index in [1.54, 1.807) is 0 Å². The number of amides is 1.